The van der Waals surface area contributed by atoms with Crippen LogP contribution in [0.4, 0.5) is 0 Å². The Kier molecular flexibility index (Phi) is 7.19. The molecule has 1 heteroatoms. The van der Waals surface area contributed by atoms with Crippen LogP contribution < -0.4 is 0 Å². The summed E-state index contributed by atoms with van der Waals surface area (Å²) in [6, 6.07) is 6.11. The van der Waals surface area contributed by atoms with Gasteiger partial charge in [0.25, 0.3) is 0 Å². The van der Waals surface area contributed by atoms with Crippen molar-refractivity contribution in [2.45, 2.75) is 79.1 Å². The molecule has 0 radical (unpaired) electrons. The SMILES string of the molecule is CC(C)=CCCC(C)CCCc1ccc(O)c(C(C)(C)C)c1. The summed E-state index contributed by atoms with van der Waals surface area (Å²) in [4.78, 5) is 0. The fourth-order valence-corrected chi connectivity index (χ4v) is 2.79. The predicted octanol–water partition coefficient (Wildman–Crippen LogP) is 6.39. The highest BCUT2D eigenvalue weighted by Crippen LogP contribution is 2.31. The van der Waals surface area contributed by atoms with Crippen LogP contribution in [-0.4, -0.2) is 5.11 Å². The number of allylic oxidation sites excluding steroid dienone is 2. The van der Waals surface area contributed by atoms with Gasteiger partial charge in [-0.3, -0.25) is 0 Å². The van der Waals surface area contributed by atoms with Gasteiger partial charge in [0.05, 0.1) is 0 Å². The van der Waals surface area contributed by atoms with Gasteiger partial charge in [-0.05, 0) is 68.1 Å². The van der Waals surface area contributed by atoms with Crippen LogP contribution in [0.1, 0.15) is 78.4 Å². The largest absolute Gasteiger partial charge is 0.508 e. The van der Waals surface area contributed by atoms with Crippen LogP contribution in [0.5, 0.6) is 5.75 Å². The monoisotopic (exact) mass is 302 g/mol. The fraction of sp³-hybridized carbons (Fsp3) is 0.619. The van der Waals surface area contributed by atoms with Crippen molar-refractivity contribution in [2.75, 3.05) is 0 Å². The maximum absolute atomic E-state index is 10.0. The quantitative estimate of drug-likeness (QED) is 0.578. The van der Waals surface area contributed by atoms with Crippen molar-refractivity contribution in [3.63, 3.8) is 0 Å². The molecule has 0 fully saturated rings. The van der Waals surface area contributed by atoms with Crippen molar-refractivity contribution in [1.82, 2.24) is 0 Å². The molecule has 0 spiro atoms. The summed E-state index contributed by atoms with van der Waals surface area (Å²) in [5.41, 5.74) is 3.82. The first-order chi connectivity index (χ1) is 10.2. The van der Waals surface area contributed by atoms with E-state index in [0.717, 1.165) is 17.9 Å². The number of aromatic hydroxyl groups is 1. The van der Waals surface area contributed by atoms with Crippen LogP contribution in [-0.2, 0) is 11.8 Å². The molecule has 22 heavy (non-hydrogen) atoms. The molecular weight excluding hydrogens is 268 g/mol. The molecule has 0 aliphatic heterocycles. The zero-order valence-corrected chi connectivity index (χ0v) is 15.4. The first-order valence-electron chi connectivity index (χ1n) is 8.66. The number of phenols is 1. The number of aryl methyl sites for hydroxylation is 1. The summed E-state index contributed by atoms with van der Waals surface area (Å²) >= 11 is 0. The second-order valence-electron chi connectivity index (χ2n) is 7.96. The molecule has 0 heterocycles. The Morgan fingerprint density at radius 2 is 1.86 bits per heavy atom. The lowest BCUT2D eigenvalue weighted by Crippen LogP contribution is -2.11. The van der Waals surface area contributed by atoms with Gasteiger partial charge in [-0.1, -0.05) is 57.9 Å². The molecular formula is C21H34O. The Morgan fingerprint density at radius 1 is 1.18 bits per heavy atom. The number of hydrogen-bond donors (Lipinski definition) is 1. The molecule has 1 unspecified atom stereocenters. The third-order valence-corrected chi connectivity index (χ3v) is 4.24. The summed E-state index contributed by atoms with van der Waals surface area (Å²) in [6.45, 7) is 13.1. The van der Waals surface area contributed by atoms with Gasteiger partial charge in [0.2, 0.25) is 0 Å². The van der Waals surface area contributed by atoms with E-state index in [4.69, 9.17) is 0 Å². The number of phenolic OH excluding ortho intramolecular Hbond substituents is 1. The normalized spacial score (nSPS) is 13.0. The summed E-state index contributed by atoms with van der Waals surface area (Å²) < 4.78 is 0. The van der Waals surface area contributed by atoms with Gasteiger partial charge in [-0.2, -0.15) is 0 Å². The summed E-state index contributed by atoms with van der Waals surface area (Å²) in [5.74, 6) is 1.21. The highest BCUT2D eigenvalue weighted by Gasteiger charge is 2.18. The molecule has 0 saturated carbocycles. The van der Waals surface area contributed by atoms with Crippen molar-refractivity contribution in [2.24, 2.45) is 5.92 Å². The average Bonchev–Trinajstić information content (AvgIpc) is 2.39. The van der Waals surface area contributed by atoms with Crippen LogP contribution in [0.3, 0.4) is 0 Å². The molecule has 0 amide bonds. The van der Waals surface area contributed by atoms with E-state index in [2.05, 4.69) is 59.8 Å². The third-order valence-electron chi connectivity index (χ3n) is 4.24. The van der Waals surface area contributed by atoms with Gasteiger partial charge < -0.3 is 5.11 Å². The number of benzene rings is 1. The molecule has 1 atom stereocenters. The fourth-order valence-electron chi connectivity index (χ4n) is 2.79. The molecule has 1 aromatic carbocycles. The van der Waals surface area contributed by atoms with Crippen LogP contribution in [0.25, 0.3) is 0 Å². The van der Waals surface area contributed by atoms with Gasteiger partial charge >= 0.3 is 0 Å². The lowest BCUT2D eigenvalue weighted by atomic mass is 9.85. The topological polar surface area (TPSA) is 20.2 Å². The highest BCUT2D eigenvalue weighted by atomic mass is 16.3. The summed E-state index contributed by atoms with van der Waals surface area (Å²) in [5, 5.41) is 10.0. The Labute approximate surface area is 137 Å². The minimum atomic E-state index is -0.00225. The molecule has 1 aromatic rings. The first kappa shape index (κ1) is 18.8. The second kappa shape index (κ2) is 8.41. The van der Waals surface area contributed by atoms with E-state index in [1.54, 1.807) is 0 Å². The van der Waals surface area contributed by atoms with Gasteiger partial charge in [0.15, 0.2) is 0 Å². The number of hydrogen-bond acceptors (Lipinski definition) is 1. The van der Waals surface area contributed by atoms with Crippen molar-refractivity contribution in [3.8, 4) is 5.75 Å². The lowest BCUT2D eigenvalue weighted by Gasteiger charge is -2.21. The molecule has 0 aliphatic carbocycles. The minimum absolute atomic E-state index is 0.00225. The van der Waals surface area contributed by atoms with Gasteiger partial charge in [0.1, 0.15) is 5.75 Å². The predicted molar refractivity (Wildman–Crippen MR) is 97.6 cm³/mol. The van der Waals surface area contributed by atoms with Crippen LogP contribution in [0, 0.1) is 5.92 Å². The molecule has 1 nitrogen and oxygen atoms in total. The number of rotatable bonds is 7. The zero-order valence-electron chi connectivity index (χ0n) is 15.4. The molecule has 0 saturated heterocycles. The highest BCUT2D eigenvalue weighted by molar-refractivity contribution is 5.40. The van der Waals surface area contributed by atoms with E-state index in [-0.39, 0.29) is 5.41 Å². The van der Waals surface area contributed by atoms with Crippen LogP contribution in [0.15, 0.2) is 29.8 Å². The third kappa shape index (κ3) is 6.68. The van der Waals surface area contributed by atoms with E-state index in [9.17, 15) is 5.11 Å². The molecule has 0 bridgehead atoms. The molecule has 124 valence electrons. The average molecular weight is 303 g/mol. The Bertz CT molecular complexity index is 487. The van der Waals surface area contributed by atoms with Gasteiger partial charge in [-0.25, -0.2) is 0 Å². The van der Waals surface area contributed by atoms with Gasteiger partial charge in [0, 0.05) is 0 Å². The van der Waals surface area contributed by atoms with Crippen molar-refractivity contribution < 1.29 is 5.11 Å². The van der Waals surface area contributed by atoms with Crippen molar-refractivity contribution >= 4 is 0 Å². The van der Waals surface area contributed by atoms with Crippen molar-refractivity contribution in [1.29, 1.82) is 0 Å². The smallest absolute Gasteiger partial charge is 0.119 e. The maximum atomic E-state index is 10.0. The van der Waals surface area contributed by atoms with E-state index < -0.39 is 0 Å². The molecule has 0 aliphatic rings. The van der Waals surface area contributed by atoms with Crippen LogP contribution >= 0.6 is 0 Å². The second-order valence-corrected chi connectivity index (χ2v) is 7.96. The van der Waals surface area contributed by atoms with Crippen molar-refractivity contribution in [3.05, 3.63) is 41.0 Å². The Hall–Kier alpha value is -1.24. The minimum Gasteiger partial charge on any atom is -0.508 e. The molecule has 1 rings (SSSR count). The summed E-state index contributed by atoms with van der Waals surface area (Å²) in [7, 11) is 0. The van der Waals surface area contributed by atoms with E-state index in [1.807, 2.05) is 6.07 Å². The van der Waals surface area contributed by atoms with E-state index in [1.165, 1.54) is 36.8 Å². The Morgan fingerprint density at radius 3 is 2.45 bits per heavy atom. The van der Waals surface area contributed by atoms with E-state index >= 15 is 0 Å². The maximum Gasteiger partial charge on any atom is 0.119 e. The van der Waals surface area contributed by atoms with Gasteiger partial charge in [-0.15, -0.1) is 0 Å². The summed E-state index contributed by atoms with van der Waals surface area (Å²) in [6.07, 6.45) is 8.44. The zero-order chi connectivity index (χ0) is 16.8. The van der Waals surface area contributed by atoms with Crippen LogP contribution in [0.2, 0.25) is 0 Å². The first-order valence-corrected chi connectivity index (χ1v) is 8.66. The molecule has 1 N–H and O–H groups in total. The standard InChI is InChI=1S/C21H34O/c1-16(2)9-7-10-17(3)11-8-12-18-13-14-20(22)19(15-18)21(4,5)6/h9,13-15,17,22H,7-8,10-12H2,1-6H3. The molecule has 0 aromatic heterocycles. The van der Waals surface area contributed by atoms with E-state index in [0.29, 0.717) is 5.75 Å². The Balaban J connectivity index is 2.47. The lowest BCUT2D eigenvalue weighted by molar-refractivity contribution is 0.445.